The Labute approximate surface area is 146 Å². The van der Waals surface area contributed by atoms with Crippen molar-refractivity contribution >= 4 is 27.8 Å². The van der Waals surface area contributed by atoms with Crippen LogP contribution in [0, 0.1) is 6.92 Å². The Balaban J connectivity index is 2.08. The Bertz CT molecular complexity index is 857. The van der Waals surface area contributed by atoms with Gasteiger partial charge < -0.3 is 9.84 Å². The Hall–Kier alpha value is -2.71. The molecule has 0 bridgehead atoms. The van der Waals surface area contributed by atoms with Gasteiger partial charge in [0.05, 0.1) is 6.54 Å². The summed E-state index contributed by atoms with van der Waals surface area (Å²) in [5, 5.41) is 7.20. The zero-order chi connectivity index (χ0) is 18.3. The van der Waals surface area contributed by atoms with Gasteiger partial charge in [-0.3, -0.25) is 4.79 Å². The minimum Gasteiger partial charge on any atom is -0.360 e. The summed E-state index contributed by atoms with van der Waals surface area (Å²) in [6.07, 6.45) is 2.89. The highest BCUT2D eigenvalue weighted by Gasteiger charge is 2.21. The standard InChI is InChI=1S/C17H19N3O4S/c1-3-10-20(13-17(21)18-16-12-14(2)24-19-16)25(22,23)11-9-15-7-5-4-6-8-15/h3-9,11-12H,1,10,13H2,2H3,(H,18,19,21)/b11-9+. The molecule has 1 amide bonds. The third-order valence-corrected chi connectivity index (χ3v) is 4.62. The molecule has 0 saturated heterocycles. The van der Waals surface area contributed by atoms with E-state index >= 15 is 0 Å². The predicted octanol–water partition coefficient (Wildman–Crippen LogP) is 2.41. The highest BCUT2D eigenvalue weighted by molar-refractivity contribution is 7.92. The second-order valence-electron chi connectivity index (χ2n) is 5.21. The molecule has 0 aliphatic rings. The number of rotatable bonds is 8. The van der Waals surface area contributed by atoms with Crippen LogP contribution in [0.2, 0.25) is 0 Å². The molecule has 25 heavy (non-hydrogen) atoms. The third-order valence-electron chi connectivity index (χ3n) is 3.14. The number of aryl methyl sites for hydroxylation is 1. The molecule has 0 aliphatic carbocycles. The lowest BCUT2D eigenvalue weighted by Gasteiger charge is -2.17. The highest BCUT2D eigenvalue weighted by Crippen LogP contribution is 2.10. The summed E-state index contributed by atoms with van der Waals surface area (Å²) in [7, 11) is -3.79. The zero-order valence-corrected chi connectivity index (χ0v) is 14.6. The number of anilines is 1. The fourth-order valence-corrected chi connectivity index (χ4v) is 3.10. The van der Waals surface area contributed by atoms with Crippen LogP contribution in [-0.4, -0.2) is 36.9 Å². The summed E-state index contributed by atoms with van der Waals surface area (Å²) < 4.78 is 30.8. The molecule has 0 aliphatic heterocycles. The monoisotopic (exact) mass is 361 g/mol. The van der Waals surface area contributed by atoms with Crippen molar-refractivity contribution in [1.82, 2.24) is 9.46 Å². The summed E-state index contributed by atoms with van der Waals surface area (Å²) in [5.74, 6) is 0.252. The van der Waals surface area contributed by atoms with E-state index in [1.54, 1.807) is 37.3 Å². The van der Waals surface area contributed by atoms with Crippen molar-refractivity contribution in [3.8, 4) is 0 Å². The van der Waals surface area contributed by atoms with Crippen LogP contribution in [0.1, 0.15) is 11.3 Å². The van der Waals surface area contributed by atoms with Crippen molar-refractivity contribution in [1.29, 1.82) is 0 Å². The summed E-state index contributed by atoms with van der Waals surface area (Å²) in [6, 6.07) is 10.6. The van der Waals surface area contributed by atoms with E-state index in [0.29, 0.717) is 5.76 Å². The van der Waals surface area contributed by atoms with E-state index in [-0.39, 0.29) is 18.9 Å². The predicted molar refractivity (Wildman–Crippen MR) is 96.0 cm³/mol. The molecule has 132 valence electrons. The number of carbonyl (C=O) groups is 1. The lowest BCUT2D eigenvalue weighted by atomic mass is 10.2. The van der Waals surface area contributed by atoms with Gasteiger partial charge in [0.15, 0.2) is 5.82 Å². The SMILES string of the molecule is C=CCN(CC(=O)Nc1cc(C)on1)S(=O)(=O)/C=C/c1ccccc1. The number of hydrogen-bond acceptors (Lipinski definition) is 5. The van der Waals surface area contributed by atoms with E-state index < -0.39 is 15.9 Å². The molecule has 0 unspecified atom stereocenters. The van der Waals surface area contributed by atoms with Gasteiger partial charge in [-0.05, 0) is 18.6 Å². The molecule has 1 aromatic carbocycles. The highest BCUT2D eigenvalue weighted by atomic mass is 32.2. The molecule has 2 rings (SSSR count). The molecule has 1 aromatic heterocycles. The first-order chi connectivity index (χ1) is 11.9. The Kier molecular flexibility index (Phi) is 6.26. The van der Waals surface area contributed by atoms with E-state index in [9.17, 15) is 13.2 Å². The number of nitrogens with one attached hydrogen (secondary N) is 1. The zero-order valence-electron chi connectivity index (χ0n) is 13.8. The largest absolute Gasteiger partial charge is 0.360 e. The van der Waals surface area contributed by atoms with E-state index in [1.165, 1.54) is 12.2 Å². The summed E-state index contributed by atoms with van der Waals surface area (Å²) in [5.41, 5.74) is 0.743. The quantitative estimate of drug-likeness (QED) is 0.729. The molecule has 0 spiro atoms. The molecule has 0 fully saturated rings. The number of carbonyl (C=O) groups excluding carboxylic acids is 1. The molecule has 8 heteroatoms. The number of benzene rings is 1. The van der Waals surface area contributed by atoms with Gasteiger partial charge >= 0.3 is 0 Å². The number of nitrogens with zero attached hydrogens (tertiary/aromatic N) is 2. The number of aromatic nitrogens is 1. The van der Waals surface area contributed by atoms with Gasteiger partial charge in [-0.15, -0.1) is 6.58 Å². The van der Waals surface area contributed by atoms with Crippen LogP contribution in [0.15, 0.2) is 59.0 Å². The average Bonchev–Trinajstić information content (AvgIpc) is 2.98. The van der Waals surface area contributed by atoms with Crippen LogP contribution in [0.25, 0.3) is 6.08 Å². The van der Waals surface area contributed by atoms with E-state index in [0.717, 1.165) is 15.3 Å². The molecule has 1 heterocycles. The van der Waals surface area contributed by atoms with Crippen LogP contribution in [-0.2, 0) is 14.8 Å². The topological polar surface area (TPSA) is 92.5 Å². The molecule has 0 saturated carbocycles. The fourth-order valence-electron chi connectivity index (χ4n) is 1.99. The normalized spacial score (nSPS) is 11.8. The lowest BCUT2D eigenvalue weighted by molar-refractivity contribution is -0.116. The van der Waals surface area contributed by atoms with Crippen molar-refractivity contribution in [2.24, 2.45) is 0 Å². The minimum absolute atomic E-state index is 0.00667. The summed E-state index contributed by atoms with van der Waals surface area (Å²) in [6.45, 7) is 4.87. The lowest BCUT2D eigenvalue weighted by Crippen LogP contribution is -2.37. The van der Waals surface area contributed by atoms with Crippen LogP contribution in [0.5, 0.6) is 0 Å². The smallest absolute Gasteiger partial charge is 0.240 e. The Morgan fingerprint density at radius 2 is 2.08 bits per heavy atom. The summed E-state index contributed by atoms with van der Waals surface area (Å²) in [4.78, 5) is 12.1. The maximum Gasteiger partial charge on any atom is 0.240 e. The number of amides is 1. The molecule has 2 aromatic rings. The van der Waals surface area contributed by atoms with Crippen LogP contribution in [0.3, 0.4) is 0 Å². The van der Waals surface area contributed by atoms with E-state index in [4.69, 9.17) is 4.52 Å². The first kappa shape index (κ1) is 18.6. The molecule has 7 nitrogen and oxygen atoms in total. The number of hydrogen-bond donors (Lipinski definition) is 1. The molecule has 0 radical (unpaired) electrons. The average molecular weight is 361 g/mol. The van der Waals surface area contributed by atoms with Crippen LogP contribution in [0.4, 0.5) is 5.82 Å². The first-order valence-corrected chi connectivity index (χ1v) is 8.98. The maximum atomic E-state index is 12.5. The fraction of sp³-hybridized carbons (Fsp3) is 0.176. The van der Waals surface area contributed by atoms with Crippen molar-refractivity contribution in [2.45, 2.75) is 6.92 Å². The van der Waals surface area contributed by atoms with Gasteiger partial charge in [-0.1, -0.05) is 41.6 Å². The second kappa shape index (κ2) is 8.41. The van der Waals surface area contributed by atoms with Crippen molar-refractivity contribution in [3.05, 3.63) is 65.8 Å². The van der Waals surface area contributed by atoms with Crippen LogP contribution < -0.4 is 5.32 Å². The van der Waals surface area contributed by atoms with Crippen molar-refractivity contribution < 1.29 is 17.7 Å². The van der Waals surface area contributed by atoms with Gasteiger partial charge in [-0.25, -0.2) is 8.42 Å². The van der Waals surface area contributed by atoms with E-state index in [1.807, 2.05) is 6.07 Å². The van der Waals surface area contributed by atoms with Gasteiger partial charge in [0.25, 0.3) is 0 Å². The van der Waals surface area contributed by atoms with Gasteiger partial charge in [0.2, 0.25) is 15.9 Å². The Morgan fingerprint density at radius 1 is 1.36 bits per heavy atom. The maximum absolute atomic E-state index is 12.5. The molecule has 0 atom stereocenters. The van der Waals surface area contributed by atoms with Gasteiger partial charge in [0, 0.05) is 18.0 Å². The van der Waals surface area contributed by atoms with E-state index in [2.05, 4.69) is 17.1 Å². The molecular weight excluding hydrogens is 342 g/mol. The van der Waals surface area contributed by atoms with Gasteiger partial charge in [0.1, 0.15) is 5.76 Å². The molecule has 1 N–H and O–H groups in total. The second-order valence-corrected chi connectivity index (χ2v) is 7.03. The van der Waals surface area contributed by atoms with Crippen molar-refractivity contribution in [2.75, 3.05) is 18.4 Å². The summed E-state index contributed by atoms with van der Waals surface area (Å²) >= 11 is 0. The molecular formula is C17H19N3O4S. The minimum atomic E-state index is -3.79. The van der Waals surface area contributed by atoms with Crippen molar-refractivity contribution in [3.63, 3.8) is 0 Å². The third kappa shape index (κ3) is 5.70. The first-order valence-electron chi connectivity index (χ1n) is 7.48. The number of sulfonamides is 1. The van der Waals surface area contributed by atoms with Gasteiger partial charge in [-0.2, -0.15) is 4.31 Å². The van der Waals surface area contributed by atoms with Crippen LogP contribution >= 0.6 is 0 Å². The Morgan fingerprint density at radius 3 is 2.68 bits per heavy atom.